The number of benzene rings is 2. The lowest BCUT2D eigenvalue weighted by atomic mass is 10.0. The number of nitrogens with zero attached hydrogens (tertiary/aromatic N) is 5. The Kier molecular flexibility index (Phi) is 5.49. The monoisotopic (exact) mass is 429 g/mol. The molecule has 0 unspecified atom stereocenters. The molecule has 32 heavy (non-hydrogen) atoms. The van der Waals surface area contributed by atoms with Crippen LogP contribution in [0, 0.1) is 19.7 Å². The number of aryl methyl sites for hydroxylation is 2. The maximum atomic E-state index is 14.9. The molecule has 0 aliphatic carbocycles. The normalized spacial score (nSPS) is 14.2. The van der Waals surface area contributed by atoms with Crippen LogP contribution in [0.5, 0.6) is 0 Å². The van der Waals surface area contributed by atoms with Gasteiger partial charge in [0.15, 0.2) is 0 Å². The zero-order valence-electron chi connectivity index (χ0n) is 18.2. The molecule has 0 amide bonds. The van der Waals surface area contributed by atoms with E-state index in [1.165, 1.54) is 12.4 Å². The molecule has 162 valence electrons. The first-order chi connectivity index (χ1) is 15.6. The molecule has 3 heterocycles. The highest BCUT2D eigenvalue weighted by Gasteiger charge is 2.16. The van der Waals surface area contributed by atoms with E-state index in [2.05, 4.69) is 24.8 Å². The number of anilines is 1. The van der Waals surface area contributed by atoms with E-state index in [0.717, 1.165) is 65.5 Å². The van der Waals surface area contributed by atoms with E-state index in [0.29, 0.717) is 17.7 Å². The van der Waals surface area contributed by atoms with Gasteiger partial charge in [-0.1, -0.05) is 6.07 Å². The predicted octanol–water partition coefficient (Wildman–Crippen LogP) is 4.27. The van der Waals surface area contributed by atoms with Gasteiger partial charge in [0.05, 0.1) is 41.5 Å². The maximum absolute atomic E-state index is 14.9. The lowest BCUT2D eigenvalue weighted by Crippen LogP contribution is -2.36. The molecule has 0 radical (unpaired) electrons. The van der Waals surface area contributed by atoms with Crippen molar-refractivity contribution in [3.63, 3.8) is 0 Å². The standard InChI is InChI=1S/C25H24FN5O/c1-16-14-27-17(2)23(30-16)12-18-3-6-22(26)21(11-18)25-20-5-4-19(13-24(20)28-15-29-25)31-7-9-32-10-8-31/h3-6,11,13-15H,7-10,12H2,1-2H3. The number of morpholine rings is 1. The van der Waals surface area contributed by atoms with Crippen LogP contribution in [0.25, 0.3) is 22.2 Å². The van der Waals surface area contributed by atoms with E-state index < -0.39 is 0 Å². The minimum Gasteiger partial charge on any atom is -0.378 e. The smallest absolute Gasteiger partial charge is 0.132 e. The second kappa shape index (κ2) is 8.59. The van der Waals surface area contributed by atoms with E-state index in [1.807, 2.05) is 38.1 Å². The Morgan fingerprint density at radius 1 is 1.00 bits per heavy atom. The van der Waals surface area contributed by atoms with E-state index in [4.69, 9.17) is 4.74 Å². The summed E-state index contributed by atoms with van der Waals surface area (Å²) in [6.07, 6.45) is 3.84. The average molecular weight is 429 g/mol. The molecule has 4 aromatic rings. The van der Waals surface area contributed by atoms with Crippen LogP contribution < -0.4 is 4.90 Å². The molecule has 0 bridgehead atoms. The summed E-state index contributed by atoms with van der Waals surface area (Å²) >= 11 is 0. The Morgan fingerprint density at radius 2 is 1.84 bits per heavy atom. The van der Waals surface area contributed by atoms with Crippen LogP contribution in [0.2, 0.25) is 0 Å². The molecule has 7 heteroatoms. The Morgan fingerprint density at radius 3 is 2.69 bits per heavy atom. The minimum atomic E-state index is -0.307. The van der Waals surface area contributed by atoms with Gasteiger partial charge in [-0.15, -0.1) is 0 Å². The fourth-order valence-electron chi connectivity index (χ4n) is 4.09. The summed E-state index contributed by atoms with van der Waals surface area (Å²) in [6.45, 7) is 6.99. The molecule has 2 aromatic carbocycles. The van der Waals surface area contributed by atoms with Crippen molar-refractivity contribution in [1.82, 2.24) is 19.9 Å². The van der Waals surface area contributed by atoms with Gasteiger partial charge in [0.2, 0.25) is 0 Å². The lowest BCUT2D eigenvalue weighted by Gasteiger charge is -2.29. The average Bonchev–Trinajstić information content (AvgIpc) is 2.82. The highest BCUT2D eigenvalue weighted by molar-refractivity contribution is 5.94. The third kappa shape index (κ3) is 4.03. The van der Waals surface area contributed by atoms with Crippen molar-refractivity contribution in [2.45, 2.75) is 20.3 Å². The summed E-state index contributed by atoms with van der Waals surface area (Å²) in [4.78, 5) is 20.2. The molecule has 0 atom stereocenters. The van der Waals surface area contributed by atoms with Gasteiger partial charge in [0.1, 0.15) is 12.1 Å². The molecule has 2 aromatic heterocycles. The van der Waals surface area contributed by atoms with Gasteiger partial charge in [0.25, 0.3) is 0 Å². The molecule has 1 aliphatic rings. The molecule has 0 spiro atoms. The molecular weight excluding hydrogens is 405 g/mol. The molecule has 5 rings (SSSR count). The molecule has 1 fully saturated rings. The summed E-state index contributed by atoms with van der Waals surface area (Å²) in [6, 6.07) is 11.2. The largest absolute Gasteiger partial charge is 0.378 e. The number of hydrogen-bond acceptors (Lipinski definition) is 6. The van der Waals surface area contributed by atoms with Gasteiger partial charge in [-0.25, -0.2) is 14.4 Å². The number of aromatic nitrogens is 4. The number of rotatable bonds is 4. The van der Waals surface area contributed by atoms with E-state index in [1.54, 1.807) is 12.3 Å². The van der Waals surface area contributed by atoms with Crippen LogP contribution in [0.3, 0.4) is 0 Å². The van der Waals surface area contributed by atoms with E-state index >= 15 is 0 Å². The van der Waals surface area contributed by atoms with Crippen molar-refractivity contribution in [2.75, 3.05) is 31.2 Å². The quantitative estimate of drug-likeness (QED) is 0.483. The molecule has 6 nitrogen and oxygen atoms in total. The van der Waals surface area contributed by atoms with Crippen molar-refractivity contribution in [3.8, 4) is 11.3 Å². The van der Waals surface area contributed by atoms with Crippen molar-refractivity contribution in [1.29, 1.82) is 0 Å². The zero-order chi connectivity index (χ0) is 22.1. The fraction of sp³-hybridized carbons (Fsp3) is 0.280. The van der Waals surface area contributed by atoms with E-state index in [-0.39, 0.29) is 5.82 Å². The van der Waals surface area contributed by atoms with Crippen molar-refractivity contribution in [3.05, 3.63) is 77.4 Å². The molecule has 1 saturated heterocycles. The second-order valence-corrected chi connectivity index (χ2v) is 8.06. The fourth-order valence-corrected chi connectivity index (χ4v) is 4.09. The van der Waals surface area contributed by atoms with Gasteiger partial charge >= 0.3 is 0 Å². The summed E-state index contributed by atoms with van der Waals surface area (Å²) in [5.74, 6) is -0.307. The molecule has 0 N–H and O–H groups in total. The van der Waals surface area contributed by atoms with Gasteiger partial charge in [-0.05, 0) is 49.7 Å². The number of hydrogen-bond donors (Lipinski definition) is 0. The minimum absolute atomic E-state index is 0.307. The second-order valence-electron chi connectivity index (χ2n) is 8.06. The van der Waals surface area contributed by atoms with Crippen LogP contribution in [-0.2, 0) is 11.2 Å². The Bertz CT molecular complexity index is 1290. The first kappa shape index (κ1) is 20.5. The summed E-state index contributed by atoms with van der Waals surface area (Å²) in [5, 5.41) is 0.826. The van der Waals surface area contributed by atoms with Crippen molar-refractivity contribution < 1.29 is 9.13 Å². The van der Waals surface area contributed by atoms with E-state index in [9.17, 15) is 4.39 Å². The maximum Gasteiger partial charge on any atom is 0.132 e. The van der Waals surface area contributed by atoms with Crippen LogP contribution in [0.1, 0.15) is 22.6 Å². The molecular formula is C25H24FN5O. The lowest BCUT2D eigenvalue weighted by molar-refractivity contribution is 0.122. The van der Waals surface area contributed by atoms with Gasteiger partial charge in [-0.2, -0.15) is 0 Å². The topological polar surface area (TPSA) is 64.0 Å². The predicted molar refractivity (Wildman–Crippen MR) is 122 cm³/mol. The third-order valence-electron chi connectivity index (χ3n) is 5.83. The van der Waals surface area contributed by atoms with Crippen molar-refractivity contribution >= 4 is 16.6 Å². The van der Waals surface area contributed by atoms with Crippen LogP contribution in [0.15, 0.2) is 48.9 Å². The van der Waals surface area contributed by atoms with Crippen LogP contribution >= 0.6 is 0 Å². The Hall–Kier alpha value is -3.45. The summed E-state index contributed by atoms with van der Waals surface area (Å²) < 4.78 is 20.4. The first-order valence-corrected chi connectivity index (χ1v) is 10.7. The van der Waals surface area contributed by atoms with Crippen molar-refractivity contribution in [2.24, 2.45) is 0 Å². The summed E-state index contributed by atoms with van der Waals surface area (Å²) in [7, 11) is 0. The summed E-state index contributed by atoms with van der Waals surface area (Å²) in [5.41, 5.74) is 6.54. The molecule has 1 aliphatic heterocycles. The van der Waals surface area contributed by atoms with Gasteiger partial charge < -0.3 is 9.64 Å². The number of halogens is 1. The number of fused-ring (bicyclic) bond motifs is 1. The zero-order valence-corrected chi connectivity index (χ0v) is 18.2. The first-order valence-electron chi connectivity index (χ1n) is 10.7. The molecule has 0 saturated carbocycles. The highest BCUT2D eigenvalue weighted by atomic mass is 19.1. The van der Waals surface area contributed by atoms with Gasteiger partial charge in [-0.3, -0.25) is 9.97 Å². The van der Waals surface area contributed by atoms with Gasteiger partial charge in [0, 0.05) is 42.3 Å². The Labute approximate surface area is 186 Å². The van der Waals surface area contributed by atoms with Crippen LogP contribution in [-0.4, -0.2) is 46.2 Å². The number of ether oxygens (including phenoxy) is 1. The Balaban J connectivity index is 1.53. The highest BCUT2D eigenvalue weighted by Crippen LogP contribution is 2.31. The third-order valence-corrected chi connectivity index (χ3v) is 5.83. The SMILES string of the molecule is Cc1cnc(C)c(Cc2ccc(F)c(-c3ncnc4cc(N5CCOCC5)ccc34)c2)n1. The van der Waals surface area contributed by atoms with Crippen LogP contribution in [0.4, 0.5) is 10.1 Å².